The standard InChI is InChI=1S/C24H31NO3/c1-18-5-9-20(10-6-18)24(14-16-28-23(2,3)17-24)13-15-25-22(26)19-7-11-21(27-4)12-8-19/h5-12H,13-17H2,1-4H3,(H,25,26)/t24-/m1/s1. The molecule has 28 heavy (non-hydrogen) atoms. The number of hydrogen-bond acceptors (Lipinski definition) is 3. The Bertz CT molecular complexity index is 796. The van der Waals surface area contributed by atoms with Crippen LogP contribution >= 0.6 is 0 Å². The van der Waals surface area contributed by atoms with Crippen LogP contribution in [0, 0.1) is 6.92 Å². The minimum absolute atomic E-state index is 0.0165. The highest BCUT2D eigenvalue weighted by atomic mass is 16.5. The molecule has 0 bridgehead atoms. The Labute approximate surface area is 168 Å². The van der Waals surface area contributed by atoms with Crippen molar-refractivity contribution < 1.29 is 14.3 Å². The highest BCUT2D eigenvalue weighted by molar-refractivity contribution is 5.94. The van der Waals surface area contributed by atoms with Gasteiger partial charge in [0.2, 0.25) is 0 Å². The van der Waals surface area contributed by atoms with Crippen molar-refractivity contribution >= 4 is 5.91 Å². The zero-order chi connectivity index (χ0) is 20.2. The third-order valence-corrected chi connectivity index (χ3v) is 5.74. The lowest BCUT2D eigenvalue weighted by molar-refractivity contribution is -0.0838. The van der Waals surface area contributed by atoms with Crippen molar-refractivity contribution in [1.29, 1.82) is 0 Å². The third kappa shape index (κ3) is 4.74. The minimum atomic E-state index is -0.164. The molecule has 1 aliphatic heterocycles. The van der Waals surface area contributed by atoms with Crippen LogP contribution < -0.4 is 10.1 Å². The number of methoxy groups -OCH3 is 1. The van der Waals surface area contributed by atoms with Crippen molar-refractivity contribution in [1.82, 2.24) is 5.32 Å². The molecular weight excluding hydrogens is 350 g/mol. The quantitative estimate of drug-likeness (QED) is 0.792. The van der Waals surface area contributed by atoms with E-state index in [2.05, 4.69) is 50.4 Å². The van der Waals surface area contributed by atoms with Gasteiger partial charge in [-0.15, -0.1) is 0 Å². The molecule has 0 spiro atoms. The summed E-state index contributed by atoms with van der Waals surface area (Å²) in [6.07, 6.45) is 2.81. The predicted molar refractivity (Wildman–Crippen MR) is 112 cm³/mol. The molecule has 1 fully saturated rings. The van der Waals surface area contributed by atoms with Gasteiger partial charge in [-0.05, 0) is 69.9 Å². The van der Waals surface area contributed by atoms with Crippen LogP contribution in [0.3, 0.4) is 0 Å². The van der Waals surface area contributed by atoms with Gasteiger partial charge >= 0.3 is 0 Å². The summed E-state index contributed by atoms with van der Waals surface area (Å²) in [7, 11) is 1.62. The second kappa shape index (κ2) is 8.36. The molecule has 0 aromatic heterocycles. The summed E-state index contributed by atoms with van der Waals surface area (Å²) in [5, 5.41) is 3.10. The number of nitrogens with one attached hydrogen (secondary N) is 1. The van der Waals surface area contributed by atoms with Gasteiger partial charge in [0.05, 0.1) is 12.7 Å². The van der Waals surface area contributed by atoms with Gasteiger partial charge in [0.25, 0.3) is 5.91 Å². The van der Waals surface area contributed by atoms with E-state index in [1.165, 1.54) is 11.1 Å². The molecule has 3 rings (SSSR count). The molecule has 4 heteroatoms. The highest BCUT2D eigenvalue weighted by Gasteiger charge is 2.41. The molecule has 1 amide bonds. The monoisotopic (exact) mass is 381 g/mol. The normalized spacial score (nSPS) is 21.1. The van der Waals surface area contributed by atoms with E-state index < -0.39 is 0 Å². The van der Waals surface area contributed by atoms with E-state index in [1.807, 2.05) is 12.1 Å². The van der Waals surface area contributed by atoms with Crippen molar-refractivity contribution in [2.45, 2.75) is 51.0 Å². The van der Waals surface area contributed by atoms with E-state index in [9.17, 15) is 4.79 Å². The summed E-state index contributed by atoms with van der Waals surface area (Å²) in [6.45, 7) is 7.80. The third-order valence-electron chi connectivity index (χ3n) is 5.74. The fourth-order valence-corrected chi connectivity index (χ4v) is 4.25. The van der Waals surface area contributed by atoms with Gasteiger partial charge in [0.1, 0.15) is 5.75 Å². The zero-order valence-corrected chi connectivity index (χ0v) is 17.4. The van der Waals surface area contributed by atoms with E-state index >= 15 is 0 Å². The van der Waals surface area contributed by atoms with Gasteiger partial charge in [0, 0.05) is 24.1 Å². The number of benzene rings is 2. The van der Waals surface area contributed by atoms with E-state index in [-0.39, 0.29) is 16.9 Å². The Morgan fingerprint density at radius 1 is 1.11 bits per heavy atom. The molecule has 150 valence electrons. The van der Waals surface area contributed by atoms with Crippen LogP contribution in [-0.2, 0) is 10.2 Å². The first-order valence-electron chi connectivity index (χ1n) is 9.97. The van der Waals surface area contributed by atoms with Crippen LogP contribution in [0.2, 0.25) is 0 Å². The number of carbonyl (C=O) groups excluding carboxylic acids is 1. The second-order valence-corrected chi connectivity index (χ2v) is 8.42. The molecule has 2 aromatic rings. The highest BCUT2D eigenvalue weighted by Crippen LogP contribution is 2.43. The number of amides is 1. The minimum Gasteiger partial charge on any atom is -0.497 e. The van der Waals surface area contributed by atoms with Crippen LogP contribution in [-0.4, -0.2) is 31.8 Å². The van der Waals surface area contributed by atoms with Gasteiger partial charge < -0.3 is 14.8 Å². The fraction of sp³-hybridized carbons (Fsp3) is 0.458. The molecule has 1 heterocycles. The van der Waals surface area contributed by atoms with Crippen molar-refractivity contribution in [3.05, 3.63) is 65.2 Å². The number of hydrogen-bond donors (Lipinski definition) is 1. The van der Waals surface area contributed by atoms with Gasteiger partial charge in [0.15, 0.2) is 0 Å². The van der Waals surface area contributed by atoms with E-state index in [4.69, 9.17) is 9.47 Å². The van der Waals surface area contributed by atoms with Gasteiger partial charge in [-0.25, -0.2) is 0 Å². The molecule has 4 nitrogen and oxygen atoms in total. The summed E-state index contributed by atoms with van der Waals surface area (Å²) in [5.74, 6) is 0.701. The Morgan fingerprint density at radius 3 is 2.39 bits per heavy atom. The first-order valence-corrected chi connectivity index (χ1v) is 9.97. The lowest BCUT2D eigenvalue weighted by atomic mass is 9.67. The summed E-state index contributed by atoms with van der Waals surface area (Å²) in [4.78, 5) is 12.5. The number of aryl methyl sites for hydroxylation is 1. The Morgan fingerprint density at radius 2 is 1.79 bits per heavy atom. The molecule has 0 saturated carbocycles. The SMILES string of the molecule is COc1ccc(C(=O)NCC[C@@]2(c3ccc(C)cc3)CCOC(C)(C)C2)cc1. The van der Waals surface area contributed by atoms with E-state index in [0.29, 0.717) is 12.1 Å². The number of ether oxygens (including phenoxy) is 2. The molecular formula is C24H31NO3. The largest absolute Gasteiger partial charge is 0.497 e. The van der Waals surface area contributed by atoms with E-state index in [0.717, 1.165) is 31.6 Å². The van der Waals surface area contributed by atoms with Crippen LogP contribution in [0.25, 0.3) is 0 Å². The summed E-state index contributed by atoms with van der Waals surface area (Å²) < 4.78 is 11.1. The average Bonchev–Trinajstić information content (AvgIpc) is 2.67. The number of rotatable bonds is 6. The summed E-state index contributed by atoms with van der Waals surface area (Å²) in [6, 6.07) is 16.0. The Balaban J connectivity index is 1.71. The predicted octanol–water partition coefficient (Wildman–Crippen LogP) is 4.65. The molecule has 1 saturated heterocycles. The lowest BCUT2D eigenvalue weighted by Gasteiger charge is -2.45. The Hall–Kier alpha value is -2.33. The van der Waals surface area contributed by atoms with Crippen molar-refractivity contribution in [3.63, 3.8) is 0 Å². The topological polar surface area (TPSA) is 47.6 Å². The van der Waals surface area contributed by atoms with Gasteiger partial charge in [-0.2, -0.15) is 0 Å². The fourth-order valence-electron chi connectivity index (χ4n) is 4.25. The molecule has 0 aliphatic carbocycles. The summed E-state index contributed by atoms with van der Waals surface area (Å²) >= 11 is 0. The summed E-state index contributed by atoms with van der Waals surface area (Å²) in [5.41, 5.74) is 3.11. The molecule has 2 aromatic carbocycles. The van der Waals surface area contributed by atoms with Crippen molar-refractivity contribution in [2.24, 2.45) is 0 Å². The molecule has 1 atom stereocenters. The van der Waals surface area contributed by atoms with Crippen LogP contribution in [0.15, 0.2) is 48.5 Å². The average molecular weight is 382 g/mol. The molecule has 1 N–H and O–H groups in total. The number of carbonyl (C=O) groups is 1. The Kier molecular flexibility index (Phi) is 6.09. The molecule has 1 aliphatic rings. The second-order valence-electron chi connectivity index (χ2n) is 8.42. The smallest absolute Gasteiger partial charge is 0.251 e. The first-order chi connectivity index (χ1) is 13.3. The van der Waals surface area contributed by atoms with Gasteiger partial charge in [-0.1, -0.05) is 29.8 Å². The van der Waals surface area contributed by atoms with Crippen molar-refractivity contribution in [3.8, 4) is 5.75 Å². The maximum absolute atomic E-state index is 12.5. The van der Waals surface area contributed by atoms with Crippen molar-refractivity contribution in [2.75, 3.05) is 20.3 Å². The lowest BCUT2D eigenvalue weighted by Crippen LogP contribution is -2.45. The maximum atomic E-state index is 12.5. The molecule has 0 unspecified atom stereocenters. The molecule has 0 radical (unpaired) electrons. The van der Waals surface area contributed by atoms with E-state index in [1.54, 1.807) is 19.2 Å². The van der Waals surface area contributed by atoms with Crippen LogP contribution in [0.5, 0.6) is 5.75 Å². The van der Waals surface area contributed by atoms with Crippen LogP contribution in [0.4, 0.5) is 0 Å². The maximum Gasteiger partial charge on any atom is 0.251 e. The first kappa shape index (κ1) is 20.4. The van der Waals surface area contributed by atoms with Crippen LogP contribution in [0.1, 0.15) is 54.6 Å². The van der Waals surface area contributed by atoms with Gasteiger partial charge in [-0.3, -0.25) is 4.79 Å². The zero-order valence-electron chi connectivity index (χ0n) is 17.4.